The quantitative estimate of drug-likeness (QED) is 0.790. The van der Waals surface area contributed by atoms with Crippen LogP contribution in [0, 0.1) is 12.3 Å². The monoisotopic (exact) mass is 340 g/mol. The number of rotatable bonds is 4. The Morgan fingerprint density at radius 2 is 1.72 bits per heavy atom. The molecule has 2 rings (SSSR count). The van der Waals surface area contributed by atoms with Gasteiger partial charge in [0.05, 0.1) is 6.42 Å². The van der Waals surface area contributed by atoms with Gasteiger partial charge >= 0.3 is 0 Å². The van der Waals surface area contributed by atoms with Gasteiger partial charge in [-0.3, -0.25) is 9.59 Å². The van der Waals surface area contributed by atoms with Crippen molar-refractivity contribution in [2.24, 2.45) is 5.41 Å². The smallest absolute Gasteiger partial charge is 0.229 e. The summed E-state index contributed by atoms with van der Waals surface area (Å²) in [5.41, 5.74) is 2.32. The van der Waals surface area contributed by atoms with Gasteiger partial charge in [-0.25, -0.2) is 0 Å². The third-order valence-electron chi connectivity index (χ3n) is 3.78. The largest absolute Gasteiger partial charge is 0.508 e. The van der Waals surface area contributed by atoms with E-state index in [2.05, 4.69) is 10.6 Å². The highest BCUT2D eigenvalue weighted by atomic mass is 16.3. The number of aromatic hydroxyl groups is 1. The van der Waals surface area contributed by atoms with Gasteiger partial charge in [0.25, 0.3) is 0 Å². The lowest BCUT2D eigenvalue weighted by atomic mass is 9.95. The number of benzene rings is 2. The zero-order valence-corrected chi connectivity index (χ0v) is 15.0. The van der Waals surface area contributed by atoms with Crippen LogP contribution in [-0.4, -0.2) is 16.9 Å². The molecule has 0 aliphatic rings. The Kier molecular flexibility index (Phi) is 5.47. The van der Waals surface area contributed by atoms with Crippen LogP contribution in [0.4, 0.5) is 11.4 Å². The van der Waals surface area contributed by atoms with Crippen molar-refractivity contribution in [3.63, 3.8) is 0 Å². The molecule has 0 fully saturated rings. The second kappa shape index (κ2) is 7.38. The van der Waals surface area contributed by atoms with E-state index in [4.69, 9.17) is 0 Å². The third kappa shape index (κ3) is 5.08. The van der Waals surface area contributed by atoms with Crippen LogP contribution in [0.15, 0.2) is 42.5 Å². The van der Waals surface area contributed by atoms with Gasteiger partial charge in [0.2, 0.25) is 11.8 Å². The van der Waals surface area contributed by atoms with E-state index in [1.165, 1.54) is 0 Å². The molecule has 5 heteroatoms. The topological polar surface area (TPSA) is 78.4 Å². The Labute approximate surface area is 148 Å². The molecule has 2 aromatic rings. The molecule has 0 aromatic heterocycles. The normalized spacial score (nSPS) is 11.0. The van der Waals surface area contributed by atoms with E-state index in [0.717, 1.165) is 11.3 Å². The molecule has 2 amide bonds. The molecular formula is C20H24N2O3. The molecule has 0 unspecified atom stereocenters. The van der Waals surface area contributed by atoms with Crippen molar-refractivity contribution in [1.29, 1.82) is 0 Å². The van der Waals surface area contributed by atoms with Crippen molar-refractivity contribution in [2.75, 3.05) is 10.6 Å². The number of nitrogens with one attached hydrogen (secondary N) is 2. The molecule has 0 atom stereocenters. The summed E-state index contributed by atoms with van der Waals surface area (Å²) in [6.07, 6.45) is 0.0915. The first-order valence-electron chi connectivity index (χ1n) is 8.15. The number of aryl methyl sites for hydroxylation is 1. The van der Waals surface area contributed by atoms with Crippen LogP contribution in [0.25, 0.3) is 0 Å². The predicted octanol–water partition coefficient (Wildman–Crippen LogP) is 3.87. The van der Waals surface area contributed by atoms with Gasteiger partial charge in [0.15, 0.2) is 0 Å². The van der Waals surface area contributed by atoms with Crippen molar-refractivity contribution < 1.29 is 14.7 Å². The predicted molar refractivity (Wildman–Crippen MR) is 99.7 cm³/mol. The molecule has 3 N–H and O–H groups in total. The van der Waals surface area contributed by atoms with E-state index >= 15 is 0 Å². The number of phenolic OH excluding ortho intramolecular Hbond substituents is 1. The van der Waals surface area contributed by atoms with Crippen molar-refractivity contribution in [3.8, 4) is 5.75 Å². The SMILES string of the molecule is Cc1cc(NC(=O)Cc2ccccc2O)ccc1NC(=O)C(C)(C)C. The average molecular weight is 340 g/mol. The van der Waals surface area contributed by atoms with E-state index < -0.39 is 5.41 Å². The Hall–Kier alpha value is -2.82. The van der Waals surface area contributed by atoms with Gasteiger partial charge in [-0.2, -0.15) is 0 Å². The fraction of sp³-hybridized carbons (Fsp3) is 0.300. The van der Waals surface area contributed by atoms with Crippen LogP contribution in [0.3, 0.4) is 0 Å². The fourth-order valence-electron chi connectivity index (χ4n) is 2.23. The molecule has 0 bridgehead atoms. The highest BCUT2D eigenvalue weighted by molar-refractivity contribution is 5.96. The lowest BCUT2D eigenvalue weighted by Gasteiger charge is -2.19. The second-order valence-corrected chi connectivity index (χ2v) is 7.09. The highest BCUT2D eigenvalue weighted by Gasteiger charge is 2.21. The molecule has 25 heavy (non-hydrogen) atoms. The van der Waals surface area contributed by atoms with E-state index in [-0.39, 0.29) is 24.0 Å². The first-order chi connectivity index (χ1) is 11.7. The highest BCUT2D eigenvalue weighted by Crippen LogP contribution is 2.23. The van der Waals surface area contributed by atoms with Crippen LogP contribution in [0.1, 0.15) is 31.9 Å². The molecule has 0 radical (unpaired) electrons. The summed E-state index contributed by atoms with van der Waals surface area (Å²) >= 11 is 0. The van der Waals surface area contributed by atoms with Crippen LogP contribution in [0.5, 0.6) is 5.75 Å². The Bertz CT molecular complexity index is 792. The lowest BCUT2D eigenvalue weighted by Crippen LogP contribution is -2.27. The van der Waals surface area contributed by atoms with Crippen LogP contribution in [-0.2, 0) is 16.0 Å². The van der Waals surface area contributed by atoms with Crippen LogP contribution >= 0.6 is 0 Å². The van der Waals surface area contributed by atoms with E-state index in [9.17, 15) is 14.7 Å². The summed E-state index contributed by atoms with van der Waals surface area (Å²) < 4.78 is 0. The minimum Gasteiger partial charge on any atom is -0.508 e. The number of phenols is 1. The summed E-state index contributed by atoms with van der Waals surface area (Å²) in [4.78, 5) is 24.2. The fourth-order valence-corrected chi connectivity index (χ4v) is 2.23. The summed E-state index contributed by atoms with van der Waals surface area (Å²) in [7, 11) is 0. The van der Waals surface area contributed by atoms with Crippen molar-refractivity contribution in [3.05, 3.63) is 53.6 Å². The molecule has 0 heterocycles. The molecule has 0 spiro atoms. The minimum atomic E-state index is -0.475. The number of hydrogen-bond acceptors (Lipinski definition) is 3. The van der Waals surface area contributed by atoms with Gasteiger partial charge in [-0.05, 0) is 36.8 Å². The maximum absolute atomic E-state index is 12.1. The molecule has 5 nitrogen and oxygen atoms in total. The molecule has 2 aromatic carbocycles. The Morgan fingerprint density at radius 1 is 1.04 bits per heavy atom. The van der Waals surface area contributed by atoms with Gasteiger partial charge in [-0.15, -0.1) is 0 Å². The van der Waals surface area contributed by atoms with Gasteiger partial charge in [0, 0.05) is 22.4 Å². The number of amides is 2. The van der Waals surface area contributed by atoms with Crippen LogP contribution < -0.4 is 10.6 Å². The van der Waals surface area contributed by atoms with Crippen molar-refractivity contribution in [2.45, 2.75) is 34.1 Å². The molecule has 0 aliphatic carbocycles. The summed E-state index contributed by atoms with van der Waals surface area (Å²) in [6.45, 7) is 7.43. The number of carbonyl (C=O) groups excluding carboxylic acids is 2. The number of hydrogen-bond donors (Lipinski definition) is 3. The minimum absolute atomic E-state index is 0.0630. The number of para-hydroxylation sites is 1. The zero-order valence-electron chi connectivity index (χ0n) is 15.0. The van der Waals surface area contributed by atoms with Crippen molar-refractivity contribution >= 4 is 23.2 Å². The first-order valence-corrected chi connectivity index (χ1v) is 8.15. The molecular weight excluding hydrogens is 316 g/mol. The molecule has 132 valence electrons. The molecule has 0 saturated heterocycles. The van der Waals surface area contributed by atoms with Crippen molar-refractivity contribution in [1.82, 2.24) is 0 Å². The van der Waals surface area contributed by atoms with E-state index in [0.29, 0.717) is 11.3 Å². The molecule has 0 aliphatic heterocycles. The van der Waals surface area contributed by atoms with Gasteiger partial charge in [0.1, 0.15) is 5.75 Å². The standard InChI is InChI=1S/C20H24N2O3/c1-13-11-15(9-10-16(13)22-19(25)20(2,3)4)21-18(24)12-14-7-5-6-8-17(14)23/h5-11,23H,12H2,1-4H3,(H,21,24)(H,22,25). The average Bonchev–Trinajstić information content (AvgIpc) is 2.51. The van der Waals surface area contributed by atoms with Crippen LogP contribution in [0.2, 0.25) is 0 Å². The Morgan fingerprint density at radius 3 is 2.32 bits per heavy atom. The maximum Gasteiger partial charge on any atom is 0.229 e. The number of carbonyl (C=O) groups is 2. The van der Waals surface area contributed by atoms with E-state index in [1.807, 2.05) is 27.7 Å². The van der Waals surface area contributed by atoms with Gasteiger partial charge in [-0.1, -0.05) is 39.0 Å². The second-order valence-electron chi connectivity index (χ2n) is 7.09. The Balaban J connectivity index is 2.04. The third-order valence-corrected chi connectivity index (χ3v) is 3.78. The summed E-state index contributed by atoms with van der Waals surface area (Å²) in [6, 6.07) is 12.1. The first kappa shape index (κ1) is 18.5. The lowest BCUT2D eigenvalue weighted by molar-refractivity contribution is -0.123. The molecule has 0 saturated carbocycles. The van der Waals surface area contributed by atoms with Gasteiger partial charge < -0.3 is 15.7 Å². The summed E-state index contributed by atoms with van der Waals surface area (Å²) in [5.74, 6) is -0.173. The van der Waals surface area contributed by atoms with E-state index in [1.54, 1.807) is 42.5 Å². The summed E-state index contributed by atoms with van der Waals surface area (Å²) in [5, 5.41) is 15.4. The maximum atomic E-state index is 12.1. The number of anilines is 2. The zero-order chi connectivity index (χ0) is 18.6.